The van der Waals surface area contributed by atoms with Crippen LogP contribution in [0, 0.1) is 11.8 Å². The van der Waals surface area contributed by atoms with Gasteiger partial charge in [0.25, 0.3) is 0 Å². The number of hydrogen-bond acceptors (Lipinski definition) is 1. The maximum absolute atomic E-state index is 6.32. The Kier molecular flexibility index (Phi) is 4.71. The molecule has 0 N–H and O–H groups in total. The predicted octanol–water partition coefficient (Wildman–Crippen LogP) is 10.6. The number of hydrogen-bond donors (Lipinski definition) is 0. The summed E-state index contributed by atoms with van der Waals surface area (Å²) in [5.74, 6) is 6.81. The fourth-order valence-electron chi connectivity index (χ4n) is 7.04. The van der Waals surface area contributed by atoms with Crippen molar-refractivity contribution in [2.24, 2.45) is 0 Å². The third kappa shape index (κ3) is 3.19. The Labute approximate surface area is 238 Å². The molecule has 0 fully saturated rings. The van der Waals surface area contributed by atoms with E-state index in [1.165, 1.54) is 71.4 Å². The van der Waals surface area contributed by atoms with Crippen molar-refractivity contribution < 1.29 is 4.42 Å². The van der Waals surface area contributed by atoms with Gasteiger partial charge in [0.1, 0.15) is 11.2 Å². The first-order chi connectivity index (χ1) is 20.4. The second-order valence-corrected chi connectivity index (χ2v) is 10.9. The van der Waals surface area contributed by atoms with Gasteiger partial charge in [-0.15, -0.1) is 0 Å². The summed E-state index contributed by atoms with van der Waals surface area (Å²) in [7, 11) is 0. The van der Waals surface area contributed by atoms with E-state index in [9.17, 15) is 0 Å². The van der Waals surface area contributed by atoms with Crippen LogP contribution >= 0.6 is 0 Å². The number of benzene rings is 6. The van der Waals surface area contributed by atoms with Crippen LogP contribution in [0.1, 0.15) is 28.7 Å². The van der Waals surface area contributed by atoms with E-state index >= 15 is 0 Å². The first-order valence-electron chi connectivity index (χ1n) is 14.2. The first-order valence-corrected chi connectivity index (χ1v) is 14.2. The van der Waals surface area contributed by atoms with Crippen LogP contribution in [0.5, 0.6) is 0 Å². The number of fused-ring (bicyclic) bond motifs is 8. The highest BCUT2D eigenvalue weighted by atomic mass is 16.3. The third-order valence-electron chi connectivity index (χ3n) is 8.72. The van der Waals surface area contributed by atoms with Gasteiger partial charge < -0.3 is 4.42 Å². The fourth-order valence-corrected chi connectivity index (χ4v) is 7.04. The van der Waals surface area contributed by atoms with Gasteiger partial charge in [-0.2, -0.15) is 0 Å². The molecule has 190 valence electrons. The fraction of sp³-hybridized carbons (Fsp3) is 0.0500. The monoisotopic (exact) mass is 520 g/mol. The van der Waals surface area contributed by atoms with Crippen LogP contribution < -0.4 is 0 Å². The SMILES string of the molecule is C1#Cc2c(cc(-c3c4ccccc4c(-c4cccc5oc6ccccc6c45)c4ccccc34)c3c2CC=C3)C=CC1. The second-order valence-electron chi connectivity index (χ2n) is 10.9. The molecule has 1 nitrogen and oxygen atoms in total. The number of para-hydroxylation sites is 1. The summed E-state index contributed by atoms with van der Waals surface area (Å²) in [6.07, 6.45) is 10.7. The molecule has 7 aromatic rings. The van der Waals surface area contributed by atoms with Gasteiger partial charge in [0.05, 0.1) is 0 Å². The van der Waals surface area contributed by atoms with Crippen LogP contribution in [0.4, 0.5) is 0 Å². The molecule has 1 heterocycles. The molecular formula is C40H24O. The molecule has 2 aliphatic carbocycles. The molecule has 0 spiro atoms. The van der Waals surface area contributed by atoms with Crippen LogP contribution in [-0.2, 0) is 6.42 Å². The zero-order valence-electron chi connectivity index (χ0n) is 22.4. The van der Waals surface area contributed by atoms with Crippen LogP contribution in [0.25, 0.3) is 77.9 Å². The minimum atomic E-state index is 0.793. The standard InChI is InChI=1S/C40H24O/c1-2-12-25-24-35(28-20-10-19-27(28)26(25)13-3-1)39-31-16-6-4-14-29(31)38(30-15-5-7-17-32(30)39)34-21-11-23-37-40(34)33-18-8-9-22-36(33)41-37/h2,4-12,14-18,20-24H,1,19H2. The van der Waals surface area contributed by atoms with E-state index in [0.717, 1.165) is 29.4 Å². The molecule has 0 amide bonds. The zero-order valence-corrected chi connectivity index (χ0v) is 22.4. The predicted molar refractivity (Wildman–Crippen MR) is 173 cm³/mol. The Bertz CT molecular complexity index is 2310. The van der Waals surface area contributed by atoms with E-state index in [0.29, 0.717) is 0 Å². The molecule has 0 unspecified atom stereocenters. The van der Waals surface area contributed by atoms with Crippen molar-refractivity contribution in [1.82, 2.24) is 0 Å². The number of furan rings is 1. The Balaban J connectivity index is 1.45. The summed E-state index contributed by atoms with van der Waals surface area (Å²) in [6, 6.07) is 35.0. The van der Waals surface area contributed by atoms with Gasteiger partial charge in [0.15, 0.2) is 0 Å². The van der Waals surface area contributed by atoms with Crippen molar-refractivity contribution in [3.05, 3.63) is 131 Å². The normalized spacial score (nSPS) is 13.5. The van der Waals surface area contributed by atoms with E-state index in [1.54, 1.807) is 0 Å². The molecule has 0 radical (unpaired) electrons. The van der Waals surface area contributed by atoms with E-state index in [4.69, 9.17) is 4.42 Å². The lowest BCUT2D eigenvalue weighted by molar-refractivity contribution is 0.669. The Hall–Kier alpha value is -5.32. The molecule has 0 atom stereocenters. The largest absolute Gasteiger partial charge is 0.456 e. The van der Waals surface area contributed by atoms with Crippen molar-refractivity contribution in [2.75, 3.05) is 0 Å². The summed E-state index contributed by atoms with van der Waals surface area (Å²) < 4.78 is 6.32. The molecule has 0 saturated heterocycles. The van der Waals surface area contributed by atoms with E-state index in [2.05, 4.69) is 127 Å². The lowest BCUT2D eigenvalue weighted by atomic mass is 9.82. The van der Waals surface area contributed by atoms with Gasteiger partial charge in [-0.25, -0.2) is 0 Å². The van der Waals surface area contributed by atoms with E-state index in [1.807, 2.05) is 6.07 Å². The molecule has 0 aliphatic heterocycles. The Morgan fingerprint density at radius 1 is 0.585 bits per heavy atom. The Morgan fingerprint density at radius 2 is 1.24 bits per heavy atom. The van der Waals surface area contributed by atoms with Crippen LogP contribution in [-0.4, -0.2) is 0 Å². The average Bonchev–Trinajstić information content (AvgIpc) is 3.59. The molecule has 41 heavy (non-hydrogen) atoms. The smallest absolute Gasteiger partial charge is 0.136 e. The molecule has 0 bridgehead atoms. The zero-order chi connectivity index (χ0) is 26.9. The Morgan fingerprint density at radius 3 is 2.00 bits per heavy atom. The van der Waals surface area contributed by atoms with Crippen LogP contribution in [0.2, 0.25) is 0 Å². The van der Waals surface area contributed by atoms with Gasteiger partial charge in [-0.3, -0.25) is 0 Å². The van der Waals surface area contributed by atoms with E-state index < -0.39 is 0 Å². The summed E-state index contributed by atoms with van der Waals surface area (Å²) in [4.78, 5) is 0. The van der Waals surface area contributed by atoms with Crippen molar-refractivity contribution in [3.63, 3.8) is 0 Å². The topological polar surface area (TPSA) is 13.1 Å². The van der Waals surface area contributed by atoms with Crippen molar-refractivity contribution in [3.8, 4) is 34.1 Å². The van der Waals surface area contributed by atoms with Gasteiger partial charge in [-0.1, -0.05) is 115 Å². The van der Waals surface area contributed by atoms with Crippen molar-refractivity contribution in [2.45, 2.75) is 12.8 Å². The number of allylic oxidation sites excluding steroid dienone is 2. The second kappa shape index (κ2) is 8.59. The van der Waals surface area contributed by atoms with Gasteiger partial charge in [0.2, 0.25) is 0 Å². The highest BCUT2D eigenvalue weighted by Gasteiger charge is 2.24. The lowest BCUT2D eigenvalue weighted by Gasteiger charge is -2.21. The highest BCUT2D eigenvalue weighted by Crippen LogP contribution is 2.48. The highest BCUT2D eigenvalue weighted by molar-refractivity contribution is 6.26. The molecule has 0 saturated carbocycles. The molecule has 1 heteroatoms. The van der Waals surface area contributed by atoms with Crippen molar-refractivity contribution >= 4 is 55.6 Å². The third-order valence-corrected chi connectivity index (χ3v) is 8.72. The average molecular weight is 521 g/mol. The van der Waals surface area contributed by atoms with Gasteiger partial charge >= 0.3 is 0 Å². The van der Waals surface area contributed by atoms with Crippen molar-refractivity contribution in [1.29, 1.82) is 0 Å². The lowest BCUT2D eigenvalue weighted by Crippen LogP contribution is -1.98. The van der Waals surface area contributed by atoms with Crippen LogP contribution in [0.15, 0.2) is 114 Å². The molecule has 2 aliphatic rings. The summed E-state index contributed by atoms with van der Waals surface area (Å²) in [5, 5.41) is 7.34. The molecule has 9 rings (SSSR count). The quantitative estimate of drug-likeness (QED) is 0.163. The van der Waals surface area contributed by atoms with Gasteiger partial charge in [-0.05, 0) is 85.1 Å². The van der Waals surface area contributed by atoms with Crippen LogP contribution in [0.3, 0.4) is 0 Å². The van der Waals surface area contributed by atoms with E-state index in [-0.39, 0.29) is 0 Å². The molecule has 1 aromatic heterocycles. The first kappa shape index (κ1) is 22.5. The maximum Gasteiger partial charge on any atom is 0.136 e. The summed E-state index contributed by atoms with van der Waals surface area (Å²) in [6.45, 7) is 0. The minimum absolute atomic E-state index is 0.793. The summed E-state index contributed by atoms with van der Waals surface area (Å²) >= 11 is 0. The molecule has 6 aromatic carbocycles. The maximum atomic E-state index is 6.32. The summed E-state index contributed by atoms with van der Waals surface area (Å²) in [5.41, 5.74) is 11.9. The minimum Gasteiger partial charge on any atom is -0.456 e. The number of rotatable bonds is 2. The van der Waals surface area contributed by atoms with Gasteiger partial charge in [0, 0.05) is 22.8 Å². The molecular weight excluding hydrogens is 496 g/mol.